The summed E-state index contributed by atoms with van der Waals surface area (Å²) in [6.45, 7) is 3.88. The lowest BCUT2D eigenvalue weighted by molar-refractivity contribution is 0.114. The zero-order valence-electron chi connectivity index (χ0n) is 17.5. The van der Waals surface area contributed by atoms with E-state index in [-0.39, 0.29) is 12.2 Å². The van der Waals surface area contributed by atoms with Crippen LogP contribution in [-0.4, -0.2) is 45.9 Å². The molecule has 6 heteroatoms. The van der Waals surface area contributed by atoms with Gasteiger partial charge in [-0.1, -0.05) is 18.2 Å². The number of nitrogens with zero attached hydrogens (tertiary/aromatic N) is 3. The molecule has 0 saturated carbocycles. The molecule has 0 aliphatic carbocycles. The third-order valence-corrected chi connectivity index (χ3v) is 6.26. The second-order valence-electron chi connectivity index (χ2n) is 8.54. The topological polar surface area (TPSA) is 67.6 Å². The molecule has 0 amide bonds. The highest BCUT2D eigenvalue weighted by atomic mass is 16.5. The van der Waals surface area contributed by atoms with Crippen LogP contribution >= 0.6 is 0 Å². The maximum absolute atomic E-state index is 12.9. The standard InChI is InChI=1S/C25H27N3O3/c29-8-9-31-22-5-3-4-18(11-22)14-27-15-19-10-21(17-27)24-12-20(13-25(30)28(24)16-19)23-6-1-2-7-26-23/h1-7,11-13,19,21,29H,8-10,14-17H2/t19-,21+/m0/s1. The number of fused-ring (bicyclic) bond motifs is 4. The summed E-state index contributed by atoms with van der Waals surface area (Å²) < 4.78 is 7.54. The summed E-state index contributed by atoms with van der Waals surface area (Å²) in [4.78, 5) is 19.8. The average Bonchev–Trinajstić information content (AvgIpc) is 2.79. The molecule has 0 spiro atoms. The monoisotopic (exact) mass is 417 g/mol. The van der Waals surface area contributed by atoms with Gasteiger partial charge in [-0.3, -0.25) is 14.7 Å². The van der Waals surface area contributed by atoms with E-state index in [9.17, 15) is 4.79 Å². The van der Waals surface area contributed by atoms with Gasteiger partial charge in [-0.05, 0) is 48.2 Å². The Kier molecular flexibility index (Phi) is 5.57. The van der Waals surface area contributed by atoms with E-state index in [0.29, 0.717) is 18.4 Å². The minimum absolute atomic E-state index is 0.0129. The van der Waals surface area contributed by atoms with Crippen molar-refractivity contribution < 1.29 is 9.84 Å². The van der Waals surface area contributed by atoms with E-state index in [1.54, 1.807) is 12.3 Å². The van der Waals surface area contributed by atoms with Crippen molar-refractivity contribution in [2.24, 2.45) is 5.92 Å². The molecule has 0 unspecified atom stereocenters. The van der Waals surface area contributed by atoms with Crippen LogP contribution in [0.4, 0.5) is 0 Å². The second kappa shape index (κ2) is 8.65. The Morgan fingerprint density at radius 1 is 1.06 bits per heavy atom. The minimum atomic E-state index is 0.0129. The van der Waals surface area contributed by atoms with Crippen molar-refractivity contribution in [2.45, 2.75) is 25.4 Å². The molecule has 3 aromatic rings. The van der Waals surface area contributed by atoms with E-state index >= 15 is 0 Å². The highest BCUT2D eigenvalue weighted by molar-refractivity contribution is 5.59. The van der Waals surface area contributed by atoms with Crippen LogP contribution in [0.2, 0.25) is 0 Å². The highest BCUT2D eigenvalue weighted by Gasteiger charge is 2.34. The maximum atomic E-state index is 12.9. The summed E-state index contributed by atoms with van der Waals surface area (Å²) in [6.07, 6.45) is 2.89. The minimum Gasteiger partial charge on any atom is -0.491 e. The number of rotatable bonds is 6. The number of hydrogen-bond donors (Lipinski definition) is 1. The first-order valence-electron chi connectivity index (χ1n) is 10.9. The summed E-state index contributed by atoms with van der Waals surface area (Å²) in [6, 6.07) is 17.8. The van der Waals surface area contributed by atoms with Gasteiger partial charge in [0.05, 0.1) is 12.3 Å². The molecule has 2 aliphatic rings. The van der Waals surface area contributed by atoms with Crippen molar-refractivity contribution >= 4 is 0 Å². The highest BCUT2D eigenvalue weighted by Crippen LogP contribution is 2.37. The Morgan fingerprint density at radius 3 is 2.84 bits per heavy atom. The molecule has 1 N–H and O–H groups in total. The fraction of sp³-hybridized carbons (Fsp3) is 0.360. The number of benzene rings is 1. The number of piperidine rings is 1. The van der Waals surface area contributed by atoms with E-state index in [1.807, 2.05) is 34.9 Å². The fourth-order valence-electron chi connectivity index (χ4n) is 5.02. The molecule has 5 rings (SSSR count). The lowest BCUT2D eigenvalue weighted by Crippen LogP contribution is -2.46. The van der Waals surface area contributed by atoms with Crippen molar-refractivity contribution in [2.75, 3.05) is 26.3 Å². The van der Waals surface area contributed by atoms with Crippen LogP contribution in [0, 0.1) is 5.92 Å². The molecule has 2 aliphatic heterocycles. The number of aromatic nitrogens is 2. The van der Waals surface area contributed by atoms with Crippen molar-refractivity contribution in [3.8, 4) is 17.0 Å². The van der Waals surface area contributed by atoms with E-state index in [4.69, 9.17) is 9.84 Å². The van der Waals surface area contributed by atoms with Crippen molar-refractivity contribution in [3.05, 3.63) is 82.4 Å². The number of aliphatic hydroxyl groups is 1. The van der Waals surface area contributed by atoms with Gasteiger partial charge >= 0.3 is 0 Å². The van der Waals surface area contributed by atoms with Crippen LogP contribution in [0.3, 0.4) is 0 Å². The smallest absolute Gasteiger partial charge is 0.251 e. The van der Waals surface area contributed by atoms with Gasteiger partial charge in [-0.15, -0.1) is 0 Å². The quantitative estimate of drug-likeness (QED) is 0.668. The fourth-order valence-corrected chi connectivity index (χ4v) is 5.02. The van der Waals surface area contributed by atoms with Gasteiger partial charge in [-0.25, -0.2) is 0 Å². The summed E-state index contributed by atoms with van der Waals surface area (Å²) in [5.74, 6) is 1.62. The molecule has 2 bridgehead atoms. The Labute approximate surface area is 181 Å². The molecule has 2 aromatic heterocycles. The number of aliphatic hydroxyl groups excluding tert-OH is 1. The Balaban J connectivity index is 1.38. The van der Waals surface area contributed by atoms with Crippen LogP contribution in [0.15, 0.2) is 65.6 Å². The van der Waals surface area contributed by atoms with Crippen LogP contribution in [0.1, 0.15) is 23.6 Å². The number of hydrogen-bond acceptors (Lipinski definition) is 5. The lowest BCUT2D eigenvalue weighted by Gasteiger charge is -2.43. The second-order valence-corrected chi connectivity index (χ2v) is 8.54. The zero-order valence-corrected chi connectivity index (χ0v) is 17.5. The van der Waals surface area contributed by atoms with Crippen LogP contribution in [0.5, 0.6) is 5.75 Å². The van der Waals surface area contributed by atoms with Gasteiger partial charge in [0.1, 0.15) is 12.4 Å². The molecule has 4 heterocycles. The van der Waals surface area contributed by atoms with E-state index in [2.05, 4.69) is 28.1 Å². The summed E-state index contributed by atoms with van der Waals surface area (Å²) in [5.41, 5.74) is 4.16. The number of likely N-dealkylation sites (tertiary alicyclic amines) is 1. The van der Waals surface area contributed by atoms with Crippen LogP contribution in [0.25, 0.3) is 11.3 Å². The van der Waals surface area contributed by atoms with Gasteiger partial charge < -0.3 is 14.4 Å². The summed E-state index contributed by atoms with van der Waals surface area (Å²) in [7, 11) is 0. The first-order valence-corrected chi connectivity index (χ1v) is 10.9. The van der Waals surface area contributed by atoms with Crippen LogP contribution in [-0.2, 0) is 13.1 Å². The van der Waals surface area contributed by atoms with E-state index in [0.717, 1.165) is 55.3 Å². The number of pyridine rings is 2. The third kappa shape index (κ3) is 4.27. The van der Waals surface area contributed by atoms with Crippen LogP contribution < -0.4 is 10.3 Å². The third-order valence-electron chi connectivity index (χ3n) is 6.26. The van der Waals surface area contributed by atoms with Gasteiger partial charge in [0, 0.05) is 55.6 Å². The van der Waals surface area contributed by atoms with E-state index in [1.165, 1.54) is 5.56 Å². The van der Waals surface area contributed by atoms with Gasteiger partial charge in [-0.2, -0.15) is 0 Å². The molecule has 160 valence electrons. The summed E-state index contributed by atoms with van der Waals surface area (Å²) in [5, 5.41) is 8.98. The largest absolute Gasteiger partial charge is 0.491 e. The Hall–Kier alpha value is -2.96. The molecular weight excluding hydrogens is 390 g/mol. The maximum Gasteiger partial charge on any atom is 0.251 e. The lowest BCUT2D eigenvalue weighted by atomic mass is 9.82. The first kappa shape index (κ1) is 20.0. The zero-order chi connectivity index (χ0) is 21.2. The molecule has 0 radical (unpaired) electrons. The summed E-state index contributed by atoms with van der Waals surface area (Å²) >= 11 is 0. The molecule has 2 atom stereocenters. The first-order chi connectivity index (χ1) is 15.2. The molecule has 1 fully saturated rings. The number of ether oxygens (including phenoxy) is 1. The molecule has 1 saturated heterocycles. The normalized spacial score (nSPS) is 20.3. The van der Waals surface area contributed by atoms with Gasteiger partial charge in [0.25, 0.3) is 5.56 Å². The Morgan fingerprint density at radius 2 is 2.00 bits per heavy atom. The molecule has 6 nitrogen and oxygen atoms in total. The van der Waals surface area contributed by atoms with Crippen molar-refractivity contribution in [1.82, 2.24) is 14.5 Å². The van der Waals surface area contributed by atoms with E-state index < -0.39 is 0 Å². The predicted molar refractivity (Wildman–Crippen MR) is 119 cm³/mol. The van der Waals surface area contributed by atoms with Gasteiger partial charge in [0.15, 0.2) is 0 Å². The SMILES string of the molecule is O=c1cc(-c2ccccn2)cc2n1C[C@H]1C[C@@H]2CN(Cc2cccc(OCCO)c2)C1. The van der Waals surface area contributed by atoms with Crippen molar-refractivity contribution in [1.29, 1.82) is 0 Å². The van der Waals surface area contributed by atoms with Crippen molar-refractivity contribution in [3.63, 3.8) is 0 Å². The average molecular weight is 418 g/mol. The molecular formula is C25H27N3O3. The predicted octanol–water partition coefficient (Wildman–Crippen LogP) is 2.90. The molecule has 31 heavy (non-hydrogen) atoms. The molecule has 1 aromatic carbocycles. The van der Waals surface area contributed by atoms with Gasteiger partial charge in [0.2, 0.25) is 0 Å². The Bertz CT molecular complexity index is 1110.